The maximum Gasteiger partial charge on any atom is 0.00920 e. The van der Waals surface area contributed by atoms with Crippen LogP contribution in [0.5, 0.6) is 0 Å². The molecule has 1 rings (SSSR count). The molecule has 0 aromatic carbocycles. The third-order valence-corrected chi connectivity index (χ3v) is 7.44. The van der Waals surface area contributed by atoms with Crippen LogP contribution in [0, 0.1) is 29.1 Å². The predicted octanol–water partition coefficient (Wildman–Crippen LogP) is 7.40. The van der Waals surface area contributed by atoms with Crippen LogP contribution in [0.25, 0.3) is 0 Å². The van der Waals surface area contributed by atoms with Gasteiger partial charge in [-0.15, -0.1) is 0 Å². The van der Waals surface area contributed by atoms with Gasteiger partial charge in [0.25, 0.3) is 0 Å². The lowest BCUT2D eigenvalue weighted by molar-refractivity contribution is 0.0738. The Morgan fingerprint density at radius 2 is 1.68 bits per heavy atom. The van der Waals surface area contributed by atoms with E-state index in [1.165, 1.54) is 64.2 Å². The van der Waals surface area contributed by atoms with Gasteiger partial charge in [-0.3, -0.25) is 0 Å². The number of rotatable bonds is 11. The van der Waals surface area contributed by atoms with Gasteiger partial charge in [0.15, 0.2) is 0 Å². The minimum atomic E-state index is 0.530. The Labute approximate surface area is 160 Å². The highest BCUT2D eigenvalue weighted by atomic mass is 15.1. The first kappa shape index (κ1) is 23.0. The molecule has 0 aromatic rings. The third-order valence-electron chi connectivity index (χ3n) is 7.44. The Morgan fingerprint density at radius 3 is 2.20 bits per heavy atom. The minimum Gasteiger partial charge on any atom is -0.306 e. The zero-order valence-corrected chi connectivity index (χ0v) is 18.9. The molecule has 0 spiro atoms. The fraction of sp³-hybridized carbons (Fsp3) is 1.00. The van der Waals surface area contributed by atoms with Crippen molar-refractivity contribution in [3.05, 3.63) is 0 Å². The van der Waals surface area contributed by atoms with E-state index in [2.05, 4.69) is 60.5 Å². The van der Waals surface area contributed by atoms with Crippen LogP contribution in [0.15, 0.2) is 0 Å². The normalized spacial score (nSPS) is 27.5. The summed E-state index contributed by atoms with van der Waals surface area (Å²) in [6, 6.07) is 0.814. The smallest absolute Gasteiger partial charge is 0.00920 e. The summed E-state index contributed by atoms with van der Waals surface area (Å²) in [5, 5.41) is 0. The predicted molar refractivity (Wildman–Crippen MR) is 114 cm³/mol. The van der Waals surface area contributed by atoms with Crippen LogP contribution < -0.4 is 0 Å². The van der Waals surface area contributed by atoms with E-state index in [1.807, 2.05) is 0 Å². The summed E-state index contributed by atoms with van der Waals surface area (Å²) >= 11 is 0. The highest BCUT2D eigenvalue weighted by molar-refractivity contribution is 4.88. The SMILES string of the molecule is CCCCC(C)(C)CC1CCC(N(C)C)CC1CC(CC)C(C)CC. The summed E-state index contributed by atoms with van der Waals surface area (Å²) in [5.74, 6) is 3.72. The molecule has 0 amide bonds. The maximum absolute atomic E-state index is 2.53. The summed E-state index contributed by atoms with van der Waals surface area (Å²) in [4.78, 5) is 2.50. The van der Waals surface area contributed by atoms with Crippen molar-refractivity contribution in [3.8, 4) is 0 Å². The van der Waals surface area contributed by atoms with Crippen molar-refractivity contribution in [1.29, 1.82) is 0 Å². The van der Waals surface area contributed by atoms with E-state index in [0.717, 1.165) is 29.7 Å². The molecule has 1 fully saturated rings. The van der Waals surface area contributed by atoms with Crippen molar-refractivity contribution in [2.24, 2.45) is 29.1 Å². The van der Waals surface area contributed by atoms with Crippen LogP contribution in [0.1, 0.15) is 106 Å². The van der Waals surface area contributed by atoms with Crippen LogP contribution in [0.2, 0.25) is 0 Å². The molecule has 0 heterocycles. The second-order valence-corrected chi connectivity index (χ2v) is 10.2. The lowest BCUT2D eigenvalue weighted by Gasteiger charge is -2.43. The van der Waals surface area contributed by atoms with Gasteiger partial charge in [0, 0.05) is 6.04 Å². The lowest BCUT2D eigenvalue weighted by Crippen LogP contribution is -2.39. The lowest BCUT2D eigenvalue weighted by atomic mass is 9.65. The molecule has 0 bridgehead atoms. The van der Waals surface area contributed by atoms with E-state index >= 15 is 0 Å². The van der Waals surface area contributed by atoms with Crippen molar-refractivity contribution in [3.63, 3.8) is 0 Å². The molecular weight excluding hydrogens is 302 g/mol. The molecule has 5 unspecified atom stereocenters. The monoisotopic (exact) mass is 351 g/mol. The Hall–Kier alpha value is -0.0400. The zero-order valence-electron chi connectivity index (χ0n) is 18.9. The van der Waals surface area contributed by atoms with Gasteiger partial charge in [-0.2, -0.15) is 0 Å². The molecule has 0 aliphatic heterocycles. The summed E-state index contributed by atoms with van der Waals surface area (Å²) in [7, 11) is 4.58. The Bertz CT molecular complexity index is 346. The van der Waals surface area contributed by atoms with E-state index < -0.39 is 0 Å². The topological polar surface area (TPSA) is 3.24 Å². The van der Waals surface area contributed by atoms with E-state index in [-0.39, 0.29) is 0 Å². The van der Waals surface area contributed by atoms with Crippen molar-refractivity contribution < 1.29 is 0 Å². The summed E-state index contributed by atoms with van der Waals surface area (Å²) < 4.78 is 0. The summed E-state index contributed by atoms with van der Waals surface area (Å²) in [6.07, 6.45) is 14.1. The summed E-state index contributed by atoms with van der Waals surface area (Å²) in [6.45, 7) is 14.7. The standard InChI is InChI=1S/C24H49N/c1-9-12-15-24(5,6)18-21-13-14-23(25(7)8)17-22(21)16-20(11-3)19(4)10-2/h19-23H,9-18H2,1-8H3. The second kappa shape index (κ2) is 11.0. The molecular formula is C24H49N. The minimum absolute atomic E-state index is 0.530. The van der Waals surface area contributed by atoms with Gasteiger partial charge in [0.2, 0.25) is 0 Å². The van der Waals surface area contributed by atoms with Gasteiger partial charge in [0.05, 0.1) is 0 Å². The Kier molecular flexibility index (Phi) is 10.1. The van der Waals surface area contributed by atoms with Gasteiger partial charge < -0.3 is 4.90 Å². The van der Waals surface area contributed by atoms with E-state index in [9.17, 15) is 0 Å². The largest absolute Gasteiger partial charge is 0.306 e. The molecule has 1 aliphatic rings. The van der Waals surface area contributed by atoms with Crippen molar-refractivity contribution in [1.82, 2.24) is 4.90 Å². The molecule has 1 heteroatoms. The van der Waals surface area contributed by atoms with Crippen molar-refractivity contribution >= 4 is 0 Å². The van der Waals surface area contributed by atoms with E-state index in [0.29, 0.717) is 5.41 Å². The maximum atomic E-state index is 2.53. The number of nitrogens with zero attached hydrogens (tertiary/aromatic N) is 1. The van der Waals surface area contributed by atoms with E-state index in [4.69, 9.17) is 0 Å². The van der Waals surface area contributed by atoms with Crippen molar-refractivity contribution in [2.45, 2.75) is 112 Å². The fourth-order valence-electron chi connectivity index (χ4n) is 5.32. The average Bonchev–Trinajstić information content (AvgIpc) is 2.57. The summed E-state index contributed by atoms with van der Waals surface area (Å²) in [5.41, 5.74) is 0.530. The third kappa shape index (κ3) is 7.61. The number of unbranched alkanes of at least 4 members (excludes halogenated alkanes) is 1. The second-order valence-electron chi connectivity index (χ2n) is 10.2. The highest BCUT2D eigenvalue weighted by Gasteiger charge is 2.36. The number of hydrogen-bond acceptors (Lipinski definition) is 1. The molecule has 0 N–H and O–H groups in total. The van der Waals surface area contributed by atoms with Crippen LogP contribution in [0.3, 0.4) is 0 Å². The van der Waals surface area contributed by atoms with Crippen molar-refractivity contribution in [2.75, 3.05) is 14.1 Å². The van der Waals surface area contributed by atoms with Crippen LogP contribution in [0.4, 0.5) is 0 Å². The molecule has 150 valence electrons. The quantitative estimate of drug-likeness (QED) is 0.375. The molecule has 5 atom stereocenters. The molecule has 0 saturated heterocycles. The molecule has 0 radical (unpaired) electrons. The van der Waals surface area contributed by atoms with Crippen LogP contribution in [-0.2, 0) is 0 Å². The molecule has 0 aromatic heterocycles. The highest BCUT2D eigenvalue weighted by Crippen LogP contribution is 2.44. The van der Waals surface area contributed by atoms with Gasteiger partial charge in [0.1, 0.15) is 0 Å². The van der Waals surface area contributed by atoms with Crippen LogP contribution >= 0.6 is 0 Å². The zero-order chi connectivity index (χ0) is 19.0. The molecule has 1 saturated carbocycles. The van der Waals surface area contributed by atoms with Gasteiger partial charge in [-0.05, 0) is 81.7 Å². The molecule has 1 aliphatic carbocycles. The molecule has 25 heavy (non-hydrogen) atoms. The van der Waals surface area contributed by atoms with Crippen LogP contribution in [-0.4, -0.2) is 25.0 Å². The Morgan fingerprint density at radius 1 is 1.00 bits per heavy atom. The van der Waals surface area contributed by atoms with Gasteiger partial charge >= 0.3 is 0 Å². The Balaban J connectivity index is 2.81. The first-order chi connectivity index (χ1) is 11.7. The molecule has 1 nitrogen and oxygen atoms in total. The van der Waals surface area contributed by atoms with E-state index in [1.54, 1.807) is 0 Å². The average molecular weight is 352 g/mol. The van der Waals surface area contributed by atoms with Gasteiger partial charge in [-0.25, -0.2) is 0 Å². The first-order valence-corrected chi connectivity index (χ1v) is 11.4. The number of hydrogen-bond donors (Lipinski definition) is 0. The fourth-order valence-corrected chi connectivity index (χ4v) is 5.32. The first-order valence-electron chi connectivity index (χ1n) is 11.4. The van der Waals surface area contributed by atoms with Gasteiger partial charge in [-0.1, -0.05) is 67.2 Å².